The Kier molecular flexibility index (Phi) is 4.36. The van der Waals surface area contributed by atoms with Crippen LogP contribution in [0.2, 0.25) is 0 Å². The summed E-state index contributed by atoms with van der Waals surface area (Å²) in [5.41, 5.74) is 1.76. The first-order valence-electron chi connectivity index (χ1n) is 5.60. The summed E-state index contributed by atoms with van der Waals surface area (Å²) < 4.78 is 10.7. The number of carbonyl (C=O) groups excluding carboxylic acids is 1. The maximum Gasteiger partial charge on any atom is 0.153 e. The Hall–Kier alpha value is -1.81. The summed E-state index contributed by atoms with van der Waals surface area (Å²) in [4.78, 5) is 11.0. The quantitative estimate of drug-likeness (QED) is 0.750. The number of methoxy groups -OCH3 is 1. The van der Waals surface area contributed by atoms with Crippen LogP contribution >= 0.6 is 11.3 Å². The number of rotatable bonds is 6. The molecule has 0 atom stereocenters. The van der Waals surface area contributed by atoms with Crippen molar-refractivity contribution in [3.05, 3.63) is 46.2 Å². The zero-order chi connectivity index (χ0) is 12.8. The number of thiophene rings is 1. The summed E-state index contributed by atoms with van der Waals surface area (Å²) >= 11 is 1.67. The van der Waals surface area contributed by atoms with E-state index in [-0.39, 0.29) is 0 Å². The van der Waals surface area contributed by atoms with Crippen LogP contribution in [0.15, 0.2) is 35.0 Å². The molecular weight excluding hydrogens is 248 g/mol. The second kappa shape index (κ2) is 6.21. The third-order valence-corrected chi connectivity index (χ3v) is 3.30. The Morgan fingerprint density at radius 2 is 2.22 bits per heavy atom. The smallest absolute Gasteiger partial charge is 0.153 e. The summed E-state index contributed by atoms with van der Waals surface area (Å²) in [6.45, 7) is 0.559. The second-order valence-electron chi connectivity index (χ2n) is 3.75. The molecule has 0 aliphatic carbocycles. The van der Waals surface area contributed by atoms with Crippen LogP contribution < -0.4 is 9.47 Å². The van der Waals surface area contributed by atoms with Crippen molar-refractivity contribution in [3.8, 4) is 11.5 Å². The van der Waals surface area contributed by atoms with E-state index in [1.165, 1.54) is 5.56 Å². The Morgan fingerprint density at radius 3 is 2.89 bits per heavy atom. The summed E-state index contributed by atoms with van der Waals surface area (Å²) in [7, 11) is 1.57. The summed E-state index contributed by atoms with van der Waals surface area (Å²) in [6.07, 6.45) is 1.62. The molecule has 2 aromatic rings. The molecule has 1 aromatic carbocycles. The molecule has 0 fully saturated rings. The number of carbonyl (C=O) groups is 1. The first kappa shape index (κ1) is 12.6. The highest BCUT2D eigenvalue weighted by atomic mass is 32.1. The molecule has 18 heavy (non-hydrogen) atoms. The van der Waals surface area contributed by atoms with E-state index in [9.17, 15) is 4.79 Å². The topological polar surface area (TPSA) is 35.5 Å². The van der Waals surface area contributed by atoms with Gasteiger partial charge in [-0.3, -0.25) is 4.79 Å². The molecule has 0 aliphatic rings. The highest BCUT2D eigenvalue weighted by molar-refractivity contribution is 7.07. The second-order valence-corrected chi connectivity index (χ2v) is 4.53. The highest BCUT2D eigenvalue weighted by Gasteiger charge is 2.05. The summed E-state index contributed by atoms with van der Waals surface area (Å²) in [5.74, 6) is 1.25. The predicted molar refractivity (Wildman–Crippen MR) is 71.9 cm³/mol. The van der Waals surface area contributed by atoms with Gasteiger partial charge in [0.25, 0.3) is 0 Å². The SMILES string of the molecule is COc1ccc(OCCc2ccsc2)c(C=O)c1. The van der Waals surface area contributed by atoms with Crippen LogP contribution in [0, 0.1) is 0 Å². The molecule has 0 amide bonds. The Labute approximate surface area is 110 Å². The average molecular weight is 262 g/mol. The van der Waals surface area contributed by atoms with Gasteiger partial charge in [0.15, 0.2) is 6.29 Å². The van der Waals surface area contributed by atoms with Crippen LogP contribution in [-0.2, 0) is 6.42 Å². The van der Waals surface area contributed by atoms with Gasteiger partial charge in [-0.05, 0) is 40.6 Å². The lowest BCUT2D eigenvalue weighted by molar-refractivity contribution is 0.111. The van der Waals surface area contributed by atoms with Gasteiger partial charge in [0, 0.05) is 6.42 Å². The van der Waals surface area contributed by atoms with Gasteiger partial charge >= 0.3 is 0 Å². The molecule has 0 radical (unpaired) electrons. The molecule has 0 N–H and O–H groups in total. The standard InChI is InChI=1S/C14H14O3S/c1-16-13-2-3-14(12(8-13)9-15)17-6-4-11-5-7-18-10-11/h2-3,5,7-10H,4,6H2,1H3. The predicted octanol–water partition coefficient (Wildman–Crippen LogP) is 3.19. The normalized spacial score (nSPS) is 10.1. The minimum atomic E-state index is 0.514. The van der Waals surface area contributed by atoms with Gasteiger partial charge in [0.05, 0.1) is 19.3 Å². The van der Waals surface area contributed by atoms with E-state index in [4.69, 9.17) is 9.47 Å². The fourth-order valence-electron chi connectivity index (χ4n) is 1.59. The Balaban J connectivity index is 1.98. The third kappa shape index (κ3) is 3.11. The van der Waals surface area contributed by atoms with Crippen molar-refractivity contribution >= 4 is 17.6 Å². The lowest BCUT2D eigenvalue weighted by atomic mass is 10.2. The number of benzene rings is 1. The van der Waals surface area contributed by atoms with E-state index >= 15 is 0 Å². The number of hydrogen-bond donors (Lipinski definition) is 0. The Bertz CT molecular complexity index is 506. The largest absolute Gasteiger partial charge is 0.497 e. The monoisotopic (exact) mass is 262 g/mol. The fraction of sp³-hybridized carbons (Fsp3) is 0.214. The van der Waals surface area contributed by atoms with Gasteiger partial charge in [-0.25, -0.2) is 0 Å². The minimum absolute atomic E-state index is 0.514. The van der Waals surface area contributed by atoms with Gasteiger partial charge in [0.2, 0.25) is 0 Å². The molecule has 0 saturated carbocycles. The molecule has 1 aromatic heterocycles. The lowest BCUT2D eigenvalue weighted by Gasteiger charge is -2.09. The van der Waals surface area contributed by atoms with E-state index < -0.39 is 0 Å². The molecule has 0 saturated heterocycles. The lowest BCUT2D eigenvalue weighted by Crippen LogP contribution is -2.02. The van der Waals surface area contributed by atoms with Gasteiger partial charge in [0.1, 0.15) is 11.5 Å². The fourth-order valence-corrected chi connectivity index (χ4v) is 2.29. The van der Waals surface area contributed by atoms with Crippen molar-refractivity contribution in [1.82, 2.24) is 0 Å². The maximum absolute atomic E-state index is 11.0. The van der Waals surface area contributed by atoms with Crippen molar-refractivity contribution in [3.63, 3.8) is 0 Å². The first-order chi connectivity index (χ1) is 8.83. The zero-order valence-corrected chi connectivity index (χ0v) is 10.9. The molecule has 0 unspecified atom stereocenters. The minimum Gasteiger partial charge on any atom is -0.497 e. The third-order valence-electron chi connectivity index (χ3n) is 2.57. The van der Waals surface area contributed by atoms with Crippen LogP contribution in [-0.4, -0.2) is 20.0 Å². The zero-order valence-electron chi connectivity index (χ0n) is 10.1. The van der Waals surface area contributed by atoms with Crippen LogP contribution in [0.5, 0.6) is 11.5 Å². The number of aldehydes is 1. The van der Waals surface area contributed by atoms with Crippen LogP contribution in [0.1, 0.15) is 15.9 Å². The molecule has 0 aliphatic heterocycles. The summed E-state index contributed by atoms with van der Waals surface area (Å²) in [6, 6.07) is 7.29. The number of hydrogen-bond acceptors (Lipinski definition) is 4. The van der Waals surface area contributed by atoms with Gasteiger partial charge in [-0.15, -0.1) is 0 Å². The molecule has 2 rings (SSSR count). The van der Waals surface area contributed by atoms with Crippen LogP contribution in [0.4, 0.5) is 0 Å². The van der Waals surface area contributed by atoms with Crippen LogP contribution in [0.3, 0.4) is 0 Å². The van der Waals surface area contributed by atoms with E-state index in [1.54, 1.807) is 36.6 Å². The van der Waals surface area contributed by atoms with Crippen molar-refractivity contribution < 1.29 is 14.3 Å². The van der Waals surface area contributed by atoms with Crippen molar-refractivity contribution in [1.29, 1.82) is 0 Å². The van der Waals surface area contributed by atoms with Crippen LogP contribution in [0.25, 0.3) is 0 Å². The van der Waals surface area contributed by atoms with Gasteiger partial charge < -0.3 is 9.47 Å². The molecule has 1 heterocycles. The maximum atomic E-state index is 11.0. The van der Waals surface area contributed by atoms with Crippen molar-refractivity contribution in [2.24, 2.45) is 0 Å². The van der Waals surface area contributed by atoms with Crippen molar-refractivity contribution in [2.75, 3.05) is 13.7 Å². The van der Waals surface area contributed by atoms with E-state index in [0.29, 0.717) is 23.7 Å². The van der Waals surface area contributed by atoms with Crippen molar-refractivity contribution in [2.45, 2.75) is 6.42 Å². The molecule has 0 spiro atoms. The van der Waals surface area contributed by atoms with E-state index in [2.05, 4.69) is 11.4 Å². The molecule has 4 heteroatoms. The van der Waals surface area contributed by atoms with Gasteiger partial charge in [-0.2, -0.15) is 11.3 Å². The molecule has 94 valence electrons. The van der Waals surface area contributed by atoms with E-state index in [1.807, 2.05) is 5.38 Å². The first-order valence-corrected chi connectivity index (χ1v) is 6.55. The van der Waals surface area contributed by atoms with E-state index in [0.717, 1.165) is 12.7 Å². The number of ether oxygens (including phenoxy) is 2. The molecule has 3 nitrogen and oxygen atoms in total. The molecule has 0 bridgehead atoms. The molecular formula is C14H14O3S. The van der Waals surface area contributed by atoms with Gasteiger partial charge in [-0.1, -0.05) is 0 Å². The Morgan fingerprint density at radius 1 is 1.33 bits per heavy atom. The average Bonchev–Trinajstić information content (AvgIpc) is 2.92. The highest BCUT2D eigenvalue weighted by Crippen LogP contribution is 2.22. The summed E-state index contributed by atoms with van der Waals surface area (Å²) in [5, 5.41) is 4.14.